The normalized spacial score (nSPS) is 24.9. The van der Waals surface area contributed by atoms with E-state index in [-0.39, 0.29) is 24.2 Å². The molecule has 6 heteroatoms. The van der Waals surface area contributed by atoms with Gasteiger partial charge in [-0.3, -0.25) is 4.79 Å². The molecule has 20 heavy (non-hydrogen) atoms. The molecule has 2 aliphatic rings. The molecule has 0 saturated heterocycles. The molecule has 0 spiro atoms. The van der Waals surface area contributed by atoms with Gasteiger partial charge in [0.2, 0.25) is 5.91 Å². The van der Waals surface area contributed by atoms with Crippen molar-refractivity contribution in [2.24, 2.45) is 17.6 Å². The molecule has 1 fully saturated rings. The van der Waals surface area contributed by atoms with Gasteiger partial charge in [0, 0.05) is 18.7 Å². The van der Waals surface area contributed by atoms with E-state index < -0.39 is 0 Å². The van der Waals surface area contributed by atoms with Crippen molar-refractivity contribution in [2.45, 2.75) is 32.2 Å². The average Bonchev–Trinajstić information content (AvgIpc) is 2.94. The second kappa shape index (κ2) is 6.50. The predicted octanol–water partition coefficient (Wildman–Crippen LogP) is 1.16. The molecule has 2 heterocycles. The van der Waals surface area contributed by atoms with Crippen LogP contribution in [0.4, 0.5) is 0 Å². The van der Waals surface area contributed by atoms with Gasteiger partial charge in [0.15, 0.2) is 0 Å². The molecule has 0 aromatic carbocycles. The minimum absolute atomic E-state index is 0. The Morgan fingerprint density at radius 1 is 1.45 bits per heavy atom. The van der Waals surface area contributed by atoms with E-state index in [0.29, 0.717) is 19.0 Å². The number of hydrogen-bond donors (Lipinski definition) is 1. The molecule has 5 nitrogen and oxygen atoms in total. The summed E-state index contributed by atoms with van der Waals surface area (Å²) in [6, 6.07) is 0. The number of carbonyl (C=O) groups excluding carboxylic acids is 1. The number of rotatable bonds is 2. The maximum absolute atomic E-state index is 12.6. The SMILES string of the molecule is Cl.NC[C@H]1CCC[C@H]1C(=O)N1CCc2cncnc2C1. The Labute approximate surface area is 125 Å². The molecule has 110 valence electrons. The van der Waals surface area contributed by atoms with E-state index in [2.05, 4.69) is 9.97 Å². The van der Waals surface area contributed by atoms with Crippen LogP contribution < -0.4 is 5.73 Å². The van der Waals surface area contributed by atoms with Crippen LogP contribution in [0, 0.1) is 11.8 Å². The lowest BCUT2D eigenvalue weighted by Crippen LogP contribution is -2.42. The summed E-state index contributed by atoms with van der Waals surface area (Å²) < 4.78 is 0. The molecular weight excluding hydrogens is 276 g/mol. The molecular formula is C14H21ClN4O. The maximum atomic E-state index is 12.6. The van der Waals surface area contributed by atoms with Gasteiger partial charge in [-0.2, -0.15) is 0 Å². The lowest BCUT2D eigenvalue weighted by Gasteiger charge is -2.31. The Morgan fingerprint density at radius 3 is 3.10 bits per heavy atom. The highest BCUT2D eigenvalue weighted by molar-refractivity contribution is 5.85. The highest BCUT2D eigenvalue weighted by Crippen LogP contribution is 2.33. The molecule has 1 amide bonds. The monoisotopic (exact) mass is 296 g/mol. The number of fused-ring (bicyclic) bond motifs is 1. The first-order valence-corrected chi connectivity index (χ1v) is 7.06. The second-order valence-corrected chi connectivity index (χ2v) is 5.54. The Bertz CT molecular complexity index is 482. The average molecular weight is 297 g/mol. The van der Waals surface area contributed by atoms with Crippen LogP contribution in [-0.4, -0.2) is 33.9 Å². The molecule has 1 aliphatic carbocycles. The van der Waals surface area contributed by atoms with Gasteiger partial charge in [-0.05, 0) is 37.3 Å². The fourth-order valence-corrected chi connectivity index (χ4v) is 3.32. The van der Waals surface area contributed by atoms with E-state index in [4.69, 9.17) is 5.73 Å². The lowest BCUT2D eigenvalue weighted by molar-refractivity contribution is -0.137. The predicted molar refractivity (Wildman–Crippen MR) is 78.3 cm³/mol. The van der Waals surface area contributed by atoms with Gasteiger partial charge in [0.1, 0.15) is 6.33 Å². The van der Waals surface area contributed by atoms with E-state index >= 15 is 0 Å². The first-order valence-electron chi connectivity index (χ1n) is 7.06. The van der Waals surface area contributed by atoms with Crippen molar-refractivity contribution in [1.29, 1.82) is 0 Å². The van der Waals surface area contributed by atoms with Crippen LogP contribution in [0.2, 0.25) is 0 Å². The van der Waals surface area contributed by atoms with Crippen LogP contribution in [0.5, 0.6) is 0 Å². The number of aromatic nitrogens is 2. The smallest absolute Gasteiger partial charge is 0.226 e. The summed E-state index contributed by atoms with van der Waals surface area (Å²) >= 11 is 0. The van der Waals surface area contributed by atoms with E-state index in [9.17, 15) is 4.79 Å². The molecule has 1 saturated carbocycles. The maximum Gasteiger partial charge on any atom is 0.226 e. The third-order valence-electron chi connectivity index (χ3n) is 4.46. The zero-order valence-corrected chi connectivity index (χ0v) is 12.3. The quantitative estimate of drug-likeness (QED) is 0.889. The van der Waals surface area contributed by atoms with E-state index in [0.717, 1.165) is 37.9 Å². The van der Waals surface area contributed by atoms with Crippen LogP contribution in [0.3, 0.4) is 0 Å². The van der Waals surface area contributed by atoms with Crippen LogP contribution in [-0.2, 0) is 17.8 Å². The Hall–Kier alpha value is -1.20. The molecule has 0 bridgehead atoms. The summed E-state index contributed by atoms with van der Waals surface area (Å²) in [4.78, 5) is 22.9. The van der Waals surface area contributed by atoms with Gasteiger partial charge in [0.05, 0.1) is 12.2 Å². The van der Waals surface area contributed by atoms with Gasteiger partial charge in [-0.1, -0.05) is 6.42 Å². The topological polar surface area (TPSA) is 72.1 Å². The molecule has 1 aromatic rings. The first kappa shape index (κ1) is 15.2. The highest BCUT2D eigenvalue weighted by Gasteiger charge is 2.35. The molecule has 2 N–H and O–H groups in total. The summed E-state index contributed by atoms with van der Waals surface area (Å²) in [6.45, 7) is 2.04. The Kier molecular flexibility index (Phi) is 4.94. The number of nitrogens with zero attached hydrogens (tertiary/aromatic N) is 3. The summed E-state index contributed by atoms with van der Waals surface area (Å²) in [5.41, 5.74) is 7.95. The number of nitrogens with two attached hydrogens (primary N) is 1. The van der Waals surface area contributed by atoms with Gasteiger partial charge < -0.3 is 10.6 Å². The van der Waals surface area contributed by atoms with Gasteiger partial charge in [-0.15, -0.1) is 12.4 Å². The summed E-state index contributed by atoms with van der Waals surface area (Å²) in [6.07, 6.45) is 7.51. The van der Waals surface area contributed by atoms with Crippen molar-refractivity contribution in [3.8, 4) is 0 Å². The van der Waals surface area contributed by atoms with Crippen molar-refractivity contribution in [1.82, 2.24) is 14.9 Å². The standard InChI is InChI=1S/C14H20N4O.ClH/c15-6-10-2-1-3-12(10)14(19)18-5-4-11-7-16-9-17-13(11)8-18;/h7,9-10,12H,1-6,8,15H2;1H/t10-,12-;/m1./s1. The van der Waals surface area contributed by atoms with Crippen molar-refractivity contribution < 1.29 is 4.79 Å². The van der Waals surface area contributed by atoms with E-state index in [1.54, 1.807) is 6.33 Å². The minimum Gasteiger partial charge on any atom is -0.336 e. The fraction of sp³-hybridized carbons (Fsp3) is 0.643. The van der Waals surface area contributed by atoms with Crippen LogP contribution in [0.15, 0.2) is 12.5 Å². The molecule has 1 aromatic heterocycles. The van der Waals surface area contributed by atoms with Crippen molar-refractivity contribution in [2.75, 3.05) is 13.1 Å². The third kappa shape index (κ3) is 2.79. The minimum atomic E-state index is 0. The first-order chi connectivity index (χ1) is 9.29. The highest BCUT2D eigenvalue weighted by atomic mass is 35.5. The molecule has 3 rings (SSSR count). The lowest BCUT2D eigenvalue weighted by atomic mass is 9.93. The third-order valence-corrected chi connectivity index (χ3v) is 4.46. The second-order valence-electron chi connectivity index (χ2n) is 5.54. The zero-order valence-electron chi connectivity index (χ0n) is 11.5. The molecule has 2 atom stereocenters. The zero-order chi connectivity index (χ0) is 13.2. The fourth-order valence-electron chi connectivity index (χ4n) is 3.32. The molecule has 1 aliphatic heterocycles. The van der Waals surface area contributed by atoms with Crippen LogP contribution in [0.25, 0.3) is 0 Å². The molecule has 0 radical (unpaired) electrons. The van der Waals surface area contributed by atoms with E-state index in [1.165, 1.54) is 5.56 Å². The van der Waals surface area contributed by atoms with Crippen molar-refractivity contribution >= 4 is 18.3 Å². The van der Waals surface area contributed by atoms with Crippen molar-refractivity contribution in [3.63, 3.8) is 0 Å². The summed E-state index contributed by atoms with van der Waals surface area (Å²) in [5.74, 6) is 0.782. The summed E-state index contributed by atoms with van der Waals surface area (Å²) in [7, 11) is 0. The van der Waals surface area contributed by atoms with E-state index in [1.807, 2.05) is 11.1 Å². The molecule has 0 unspecified atom stereocenters. The Balaban J connectivity index is 0.00000147. The number of halogens is 1. The van der Waals surface area contributed by atoms with Crippen LogP contribution >= 0.6 is 12.4 Å². The largest absolute Gasteiger partial charge is 0.336 e. The van der Waals surface area contributed by atoms with Gasteiger partial charge in [0.25, 0.3) is 0 Å². The van der Waals surface area contributed by atoms with Gasteiger partial charge >= 0.3 is 0 Å². The van der Waals surface area contributed by atoms with Crippen LogP contribution in [0.1, 0.15) is 30.5 Å². The summed E-state index contributed by atoms with van der Waals surface area (Å²) in [5, 5.41) is 0. The number of hydrogen-bond acceptors (Lipinski definition) is 4. The number of carbonyl (C=O) groups is 1. The van der Waals surface area contributed by atoms with Gasteiger partial charge in [-0.25, -0.2) is 9.97 Å². The van der Waals surface area contributed by atoms with Crippen molar-refractivity contribution in [3.05, 3.63) is 23.8 Å². The Morgan fingerprint density at radius 2 is 2.30 bits per heavy atom. The number of amides is 1.